The van der Waals surface area contributed by atoms with E-state index in [1.54, 1.807) is 50.4 Å². The zero-order valence-electron chi connectivity index (χ0n) is 17.9. The van der Waals surface area contributed by atoms with Crippen molar-refractivity contribution >= 4 is 50.3 Å². The number of hydrogen-bond acceptors (Lipinski definition) is 5. The van der Waals surface area contributed by atoms with Crippen molar-refractivity contribution in [1.82, 2.24) is 9.97 Å². The third kappa shape index (κ3) is 5.15. The SMILES string of the molecule is CCOC(=O)Nc1cc(NC(=O)c2ccc(OC)cc2)c2nc(-c3ccc(Br)cc3)[nH]c2c1. The monoisotopic (exact) mass is 508 g/mol. The summed E-state index contributed by atoms with van der Waals surface area (Å²) < 4.78 is 11.1. The van der Waals surface area contributed by atoms with Gasteiger partial charge in [0, 0.05) is 21.3 Å². The number of aromatic amines is 1. The van der Waals surface area contributed by atoms with E-state index in [1.807, 2.05) is 24.3 Å². The second kappa shape index (κ2) is 9.74. The molecule has 0 saturated carbocycles. The van der Waals surface area contributed by atoms with E-state index in [1.165, 1.54) is 0 Å². The second-order valence-corrected chi connectivity index (χ2v) is 7.96. The van der Waals surface area contributed by atoms with E-state index in [0.29, 0.717) is 39.5 Å². The highest BCUT2D eigenvalue weighted by molar-refractivity contribution is 9.10. The first-order valence-corrected chi connectivity index (χ1v) is 10.9. The van der Waals surface area contributed by atoms with Crippen molar-refractivity contribution in [2.24, 2.45) is 0 Å². The number of hydrogen-bond donors (Lipinski definition) is 3. The maximum atomic E-state index is 12.9. The summed E-state index contributed by atoms with van der Waals surface area (Å²) in [4.78, 5) is 32.8. The van der Waals surface area contributed by atoms with Crippen LogP contribution in [-0.2, 0) is 4.74 Å². The molecule has 0 spiro atoms. The van der Waals surface area contributed by atoms with E-state index in [-0.39, 0.29) is 12.5 Å². The van der Waals surface area contributed by atoms with Crippen LogP contribution in [0.15, 0.2) is 65.1 Å². The average molecular weight is 509 g/mol. The van der Waals surface area contributed by atoms with Crippen molar-refractivity contribution in [3.8, 4) is 17.1 Å². The number of amides is 2. The number of halogens is 1. The van der Waals surface area contributed by atoms with Gasteiger partial charge in [-0.2, -0.15) is 0 Å². The Morgan fingerprint density at radius 2 is 1.76 bits per heavy atom. The lowest BCUT2D eigenvalue weighted by molar-refractivity contribution is 0.102. The van der Waals surface area contributed by atoms with Gasteiger partial charge in [0.15, 0.2) is 0 Å². The molecule has 1 heterocycles. The summed E-state index contributed by atoms with van der Waals surface area (Å²) in [7, 11) is 1.56. The number of benzene rings is 3. The van der Waals surface area contributed by atoms with Crippen molar-refractivity contribution < 1.29 is 19.1 Å². The number of H-pyrrole nitrogens is 1. The second-order valence-electron chi connectivity index (χ2n) is 7.04. The van der Waals surface area contributed by atoms with Crippen LogP contribution in [0.1, 0.15) is 17.3 Å². The number of fused-ring (bicyclic) bond motifs is 1. The number of anilines is 2. The van der Waals surface area contributed by atoms with Crippen LogP contribution in [0.5, 0.6) is 5.75 Å². The molecule has 0 bridgehead atoms. The lowest BCUT2D eigenvalue weighted by atomic mass is 10.2. The van der Waals surface area contributed by atoms with Crippen LogP contribution in [0.4, 0.5) is 16.2 Å². The predicted molar refractivity (Wildman–Crippen MR) is 131 cm³/mol. The zero-order chi connectivity index (χ0) is 23.4. The number of carbonyl (C=O) groups is 2. The number of nitrogens with zero attached hydrogens (tertiary/aromatic N) is 1. The van der Waals surface area contributed by atoms with Crippen LogP contribution in [0.2, 0.25) is 0 Å². The zero-order valence-corrected chi connectivity index (χ0v) is 19.5. The van der Waals surface area contributed by atoms with Crippen LogP contribution in [0, 0.1) is 0 Å². The van der Waals surface area contributed by atoms with E-state index in [4.69, 9.17) is 14.5 Å². The highest BCUT2D eigenvalue weighted by Crippen LogP contribution is 2.30. The molecule has 0 atom stereocenters. The van der Waals surface area contributed by atoms with Gasteiger partial charge in [0.2, 0.25) is 0 Å². The molecular weight excluding hydrogens is 488 g/mol. The van der Waals surface area contributed by atoms with Gasteiger partial charge in [-0.15, -0.1) is 0 Å². The molecule has 168 valence electrons. The normalized spacial score (nSPS) is 10.6. The van der Waals surface area contributed by atoms with Crippen LogP contribution in [0.25, 0.3) is 22.4 Å². The van der Waals surface area contributed by atoms with Gasteiger partial charge in [-0.05, 0) is 55.5 Å². The molecular formula is C24H21BrN4O4. The minimum absolute atomic E-state index is 0.243. The number of nitrogens with one attached hydrogen (secondary N) is 3. The lowest BCUT2D eigenvalue weighted by Crippen LogP contribution is -2.15. The summed E-state index contributed by atoms with van der Waals surface area (Å²) in [6, 6.07) is 17.8. The number of aromatic nitrogens is 2. The van der Waals surface area contributed by atoms with Crippen LogP contribution in [0.3, 0.4) is 0 Å². The largest absolute Gasteiger partial charge is 0.497 e. The van der Waals surface area contributed by atoms with E-state index in [0.717, 1.165) is 10.0 Å². The fourth-order valence-corrected chi connectivity index (χ4v) is 3.52. The number of rotatable bonds is 6. The van der Waals surface area contributed by atoms with Gasteiger partial charge in [-0.1, -0.05) is 28.1 Å². The predicted octanol–water partition coefficient (Wildman–Crippen LogP) is 5.82. The third-order valence-corrected chi connectivity index (χ3v) is 5.36. The van der Waals surface area contributed by atoms with Crippen molar-refractivity contribution in [2.45, 2.75) is 6.92 Å². The van der Waals surface area contributed by atoms with E-state index < -0.39 is 6.09 Å². The van der Waals surface area contributed by atoms with Crippen molar-refractivity contribution in [3.63, 3.8) is 0 Å². The smallest absolute Gasteiger partial charge is 0.411 e. The Labute approximate surface area is 198 Å². The summed E-state index contributed by atoms with van der Waals surface area (Å²) in [5.74, 6) is 0.965. The lowest BCUT2D eigenvalue weighted by Gasteiger charge is -2.10. The molecule has 0 radical (unpaired) electrons. The summed E-state index contributed by atoms with van der Waals surface area (Å²) in [6.45, 7) is 1.97. The van der Waals surface area contributed by atoms with Gasteiger partial charge >= 0.3 is 6.09 Å². The Balaban J connectivity index is 1.72. The highest BCUT2D eigenvalue weighted by Gasteiger charge is 2.16. The maximum absolute atomic E-state index is 12.9. The van der Waals surface area contributed by atoms with Gasteiger partial charge in [0.05, 0.1) is 24.9 Å². The molecule has 0 aliphatic rings. The number of methoxy groups -OCH3 is 1. The minimum atomic E-state index is -0.586. The van der Waals surface area contributed by atoms with Crippen LogP contribution < -0.4 is 15.4 Å². The molecule has 8 nitrogen and oxygen atoms in total. The van der Waals surface area contributed by atoms with Gasteiger partial charge in [-0.25, -0.2) is 9.78 Å². The first-order chi connectivity index (χ1) is 16.0. The summed E-state index contributed by atoms with van der Waals surface area (Å²) >= 11 is 3.43. The molecule has 3 N–H and O–H groups in total. The Bertz CT molecular complexity index is 1300. The Morgan fingerprint density at radius 3 is 2.42 bits per heavy atom. The van der Waals surface area contributed by atoms with Gasteiger partial charge < -0.3 is 19.8 Å². The molecule has 0 unspecified atom stereocenters. The molecule has 0 saturated heterocycles. The van der Waals surface area contributed by atoms with Crippen molar-refractivity contribution in [1.29, 1.82) is 0 Å². The molecule has 0 aliphatic carbocycles. The van der Waals surface area contributed by atoms with Gasteiger partial charge in [0.25, 0.3) is 5.91 Å². The van der Waals surface area contributed by atoms with Crippen LogP contribution >= 0.6 is 15.9 Å². The maximum Gasteiger partial charge on any atom is 0.411 e. The topological polar surface area (TPSA) is 105 Å². The summed E-state index contributed by atoms with van der Waals surface area (Å²) in [5.41, 5.74) is 3.44. The third-order valence-electron chi connectivity index (χ3n) is 4.83. The minimum Gasteiger partial charge on any atom is -0.497 e. The molecule has 9 heteroatoms. The van der Waals surface area contributed by atoms with E-state index in [9.17, 15) is 9.59 Å². The standard InChI is InChI=1S/C24H21BrN4O4/c1-3-33-24(31)26-17-12-19-21(29-22(27-19)14-4-8-16(25)9-5-14)20(13-17)28-23(30)15-6-10-18(32-2)11-7-15/h4-13H,3H2,1-2H3,(H,26,31)(H,27,29)(H,28,30). The molecule has 4 aromatic rings. The Morgan fingerprint density at radius 1 is 1.03 bits per heavy atom. The van der Waals surface area contributed by atoms with Crippen molar-refractivity contribution in [3.05, 3.63) is 70.7 Å². The molecule has 2 amide bonds. The highest BCUT2D eigenvalue weighted by atomic mass is 79.9. The van der Waals surface area contributed by atoms with Gasteiger partial charge in [0.1, 0.15) is 17.1 Å². The summed E-state index contributed by atoms with van der Waals surface area (Å²) in [5, 5.41) is 5.57. The Kier molecular flexibility index (Phi) is 6.60. The number of carbonyl (C=O) groups excluding carboxylic acids is 2. The molecule has 4 rings (SSSR count). The molecule has 0 fully saturated rings. The number of imidazole rings is 1. The molecule has 33 heavy (non-hydrogen) atoms. The van der Waals surface area contributed by atoms with E-state index in [2.05, 4.69) is 31.5 Å². The Hall–Kier alpha value is -3.85. The van der Waals surface area contributed by atoms with Crippen molar-refractivity contribution in [2.75, 3.05) is 24.4 Å². The molecule has 1 aromatic heterocycles. The molecule has 0 aliphatic heterocycles. The van der Waals surface area contributed by atoms with Crippen LogP contribution in [-0.4, -0.2) is 35.7 Å². The fraction of sp³-hybridized carbons (Fsp3) is 0.125. The van der Waals surface area contributed by atoms with Gasteiger partial charge in [-0.3, -0.25) is 10.1 Å². The quantitative estimate of drug-likeness (QED) is 0.304. The molecule has 3 aromatic carbocycles. The van der Waals surface area contributed by atoms with E-state index >= 15 is 0 Å². The first-order valence-electron chi connectivity index (χ1n) is 10.2. The summed E-state index contributed by atoms with van der Waals surface area (Å²) in [6.07, 6.45) is -0.586. The number of ether oxygens (including phenoxy) is 2. The first kappa shape index (κ1) is 22.3. The average Bonchev–Trinajstić information content (AvgIpc) is 3.24. The fourth-order valence-electron chi connectivity index (χ4n) is 3.25.